The summed E-state index contributed by atoms with van der Waals surface area (Å²) in [6.07, 6.45) is 7.29. The molecule has 2 heterocycles. The number of oxazole rings is 1. The van der Waals surface area contributed by atoms with Crippen LogP contribution >= 0.6 is 15.9 Å². The number of aryl methyl sites for hydroxylation is 1. The molecule has 1 saturated carbocycles. The van der Waals surface area contributed by atoms with Gasteiger partial charge in [0, 0.05) is 47.9 Å². The lowest BCUT2D eigenvalue weighted by molar-refractivity contribution is 0.219. The van der Waals surface area contributed by atoms with Gasteiger partial charge < -0.3 is 14.9 Å². The molecule has 10 heteroatoms. The van der Waals surface area contributed by atoms with Gasteiger partial charge in [-0.2, -0.15) is 0 Å². The first-order valence-corrected chi connectivity index (χ1v) is 12.4. The molecule has 0 amide bonds. The summed E-state index contributed by atoms with van der Waals surface area (Å²) < 4.78 is 27.3. The highest BCUT2D eigenvalue weighted by molar-refractivity contribution is 9.10. The maximum absolute atomic E-state index is 14.4. The number of pyridine rings is 1. The van der Waals surface area contributed by atoms with Gasteiger partial charge in [-0.25, -0.2) is 19.8 Å². The number of nitrogens with zero attached hydrogens (tertiary/aromatic N) is 3. The molecule has 1 aliphatic rings. The number of benzene rings is 1. The van der Waals surface area contributed by atoms with Crippen LogP contribution in [0, 0.1) is 18.7 Å². The van der Waals surface area contributed by atoms with Crippen LogP contribution in [0.3, 0.4) is 0 Å². The molecular formula is C26H29BrFN5O3. The van der Waals surface area contributed by atoms with Gasteiger partial charge in [-0.3, -0.25) is 9.83 Å². The van der Waals surface area contributed by atoms with E-state index >= 15 is 0 Å². The second-order valence-corrected chi connectivity index (χ2v) is 9.58. The van der Waals surface area contributed by atoms with Gasteiger partial charge in [0.25, 0.3) is 0 Å². The van der Waals surface area contributed by atoms with Crippen LogP contribution in [-0.2, 0) is 11.3 Å². The third-order valence-corrected chi connectivity index (χ3v) is 6.16. The lowest BCUT2D eigenvalue weighted by Gasteiger charge is -2.20. The molecule has 4 rings (SSSR count). The second-order valence-electron chi connectivity index (χ2n) is 8.66. The first kappa shape index (κ1) is 25.8. The molecular weight excluding hydrogens is 529 g/mol. The predicted octanol–water partition coefficient (Wildman–Crippen LogP) is 5.93. The minimum Gasteiger partial charge on any atom is -0.482 e. The number of aliphatic imine (C=N–C) groups is 1. The fourth-order valence-electron chi connectivity index (χ4n) is 3.78. The van der Waals surface area contributed by atoms with E-state index < -0.39 is 6.10 Å². The fourth-order valence-corrected chi connectivity index (χ4v) is 4.09. The van der Waals surface area contributed by atoms with Crippen molar-refractivity contribution in [1.29, 1.82) is 0 Å². The number of nitrogens with two attached hydrogens (primary N) is 1. The summed E-state index contributed by atoms with van der Waals surface area (Å²) in [5.74, 6) is 2.16. The third kappa shape index (κ3) is 6.50. The summed E-state index contributed by atoms with van der Waals surface area (Å²) in [6.45, 7) is 4.41. The van der Waals surface area contributed by atoms with Crippen LogP contribution in [0.5, 0.6) is 5.75 Å². The Morgan fingerprint density at radius 1 is 1.39 bits per heavy atom. The molecule has 0 aliphatic heterocycles. The summed E-state index contributed by atoms with van der Waals surface area (Å²) >= 11 is 3.41. The predicted molar refractivity (Wildman–Crippen MR) is 140 cm³/mol. The molecule has 1 atom stereocenters. The van der Waals surface area contributed by atoms with Crippen LogP contribution in [0.2, 0.25) is 0 Å². The molecule has 3 N–H and O–H groups in total. The molecule has 0 spiro atoms. The molecule has 36 heavy (non-hydrogen) atoms. The van der Waals surface area contributed by atoms with E-state index in [9.17, 15) is 4.39 Å². The Morgan fingerprint density at radius 3 is 2.92 bits per heavy atom. The summed E-state index contributed by atoms with van der Waals surface area (Å²) in [5, 5.41) is 0. The Bertz CT molecular complexity index is 1270. The quantitative estimate of drug-likeness (QED) is 0.222. The maximum Gasteiger partial charge on any atom is 0.192 e. The maximum atomic E-state index is 14.4. The number of allylic oxidation sites excluding steroid dienone is 1. The first-order chi connectivity index (χ1) is 17.4. The van der Waals surface area contributed by atoms with Gasteiger partial charge in [-0.1, -0.05) is 0 Å². The molecule has 3 aromatic rings. The van der Waals surface area contributed by atoms with Crippen LogP contribution in [0.1, 0.15) is 43.0 Å². The molecule has 0 radical (unpaired) electrons. The monoisotopic (exact) mass is 557 g/mol. The molecule has 1 aromatic carbocycles. The highest BCUT2D eigenvalue weighted by Gasteiger charge is 2.23. The average molecular weight is 558 g/mol. The standard InChI is InChI=1S/C26H29BrFN5O3/c1-15(35-24-9-19(27)14-31-26(24)33-34-3)22-10-20(28)6-7-21(22)25-23(32-16(2)36-25)8-18(11-29)13-30-12-17-4-5-17/h6-7,9-11,13-15,17H,4-5,8,12,29H2,1-3H3,(H,31,33). The SMILES string of the molecule is CONc1ncc(Br)cc1OC(C)c1cc(F)ccc1-c1oc(C)nc1CC(C=NCC1CC1)=CN. The molecule has 0 bridgehead atoms. The zero-order valence-corrected chi connectivity index (χ0v) is 22.0. The topological polar surface area (TPSA) is 108 Å². The van der Waals surface area contributed by atoms with Crippen molar-refractivity contribution >= 4 is 28.0 Å². The van der Waals surface area contributed by atoms with Crippen molar-refractivity contribution in [2.24, 2.45) is 16.6 Å². The van der Waals surface area contributed by atoms with Gasteiger partial charge in [-0.15, -0.1) is 0 Å². The Hall–Kier alpha value is -3.24. The van der Waals surface area contributed by atoms with E-state index in [0.717, 1.165) is 16.6 Å². The Balaban J connectivity index is 1.64. The lowest BCUT2D eigenvalue weighted by atomic mass is 9.98. The number of aromatic nitrogens is 2. The molecule has 8 nitrogen and oxygen atoms in total. The van der Waals surface area contributed by atoms with Crippen molar-refractivity contribution in [3.05, 3.63) is 69.7 Å². The van der Waals surface area contributed by atoms with Crippen LogP contribution in [0.4, 0.5) is 10.2 Å². The Kier molecular flexibility index (Phi) is 8.37. The largest absolute Gasteiger partial charge is 0.482 e. The molecule has 190 valence electrons. The van der Waals surface area contributed by atoms with E-state index in [1.54, 1.807) is 31.5 Å². The van der Waals surface area contributed by atoms with E-state index in [1.165, 1.54) is 38.3 Å². The van der Waals surface area contributed by atoms with Gasteiger partial charge in [0.15, 0.2) is 23.2 Å². The van der Waals surface area contributed by atoms with Gasteiger partial charge in [-0.05, 0) is 77.7 Å². The van der Waals surface area contributed by atoms with Crippen molar-refractivity contribution in [2.45, 2.75) is 39.2 Å². The molecule has 2 aromatic heterocycles. The normalized spacial score (nSPS) is 14.9. The summed E-state index contributed by atoms with van der Waals surface area (Å²) in [4.78, 5) is 18.4. The van der Waals surface area contributed by atoms with Gasteiger partial charge in [0.05, 0.1) is 12.8 Å². The fraction of sp³-hybridized carbons (Fsp3) is 0.346. The first-order valence-electron chi connectivity index (χ1n) is 11.7. The minimum absolute atomic E-state index is 0.389. The van der Waals surface area contributed by atoms with Crippen molar-refractivity contribution in [3.8, 4) is 17.1 Å². The van der Waals surface area contributed by atoms with E-state index in [-0.39, 0.29) is 5.82 Å². The van der Waals surface area contributed by atoms with Crippen LogP contribution in [0.25, 0.3) is 11.3 Å². The van der Waals surface area contributed by atoms with Gasteiger partial charge in [0.1, 0.15) is 11.9 Å². The summed E-state index contributed by atoms with van der Waals surface area (Å²) in [7, 11) is 1.48. The van der Waals surface area contributed by atoms with Crippen molar-refractivity contribution in [2.75, 3.05) is 19.1 Å². The number of hydrogen-bond acceptors (Lipinski definition) is 8. The Labute approximate surface area is 217 Å². The van der Waals surface area contributed by atoms with Gasteiger partial charge >= 0.3 is 0 Å². The van der Waals surface area contributed by atoms with Crippen LogP contribution < -0.4 is 16.0 Å². The smallest absolute Gasteiger partial charge is 0.192 e. The summed E-state index contributed by atoms with van der Waals surface area (Å²) in [6, 6.07) is 6.26. The highest BCUT2D eigenvalue weighted by Crippen LogP contribution is 2.37. The number of rotatable bonds is 11. The number of ether oxygens (including phenoxy) is 1. The van der Waals surface area contributed by atoms with Gasteiger partial charge in [0.2, 0.25) is 0 Å². The van der Waals surface area contributed by atoms with E-state index in [1.807, 2.05) is 6.92 Å². The second kappa shape index (κ2) is 11.7. The average Bonchev–Trinajstić information content (AvgIpc) is 3.60. The molecule has 1 aliphatic carbocycles. The number of anilines is 1. The highest BCUT2D eigenvalue weighted by atomic mass is 79.9. The van der Waals surface area contributed by atoms with Crippen molar-refractivity contribution in [3.63, 3.8) is 0 Å². The number of hydrogen-bond donors (Lipinski definition) is 2. The van der Waals surface area contributed by atoms with Crippen LogP contribution in [-0.4, -0.2) is 29.8 Å². The zero-order chi connectivity index (χ0) is 25.7. The third-order valence-electron chi connectivity index (χ3n) is 5.73. The zero-order valence-electron chi connectivity index (χ0n) is 20.4. The summed E-state index contributed by atoms with van der Waals surface area (Å²) in [5.41, 5.74) is 11.4. The van der Waals surface area contributed by atoms with E-state index in [4.69, 9.17) is 19.7 Å². The Morgan fingerprint density at radius 2 is 2.19 bits per heavy atom. The van der Waals surface area contributed by atoms with E-state index in [0.29, 0.717) is 52.4 Å². The molecule has 1 unspecified atom stereocenters. The van der Waals surface area contributed by atoms with Crippen molar-refractivity contribution in [1.82, 2.24) is 9.97 Å². The molecule has 1 fully saturated rings. The molecule has 0 saturated heterocycles. The number of nitrogens with one attached hydrogen (secondary N) is 1. The van der Waals surface area contributed by atoms with E-state index in [2.05, 4.69) is 36.4 Å². The minimum atomic E-state index is -0.563. The van der Waals surface area contributed by atoms with Crippen LogP contribution in [0.15, 0.2) is 56.1 Å². The van der Waals surface area contributed by atoms with Crippen molar-refractivity contribution < 1.29 is 18.4 Å². The number of halogens is 2. The lowest BCUT2D eigenvalue weighted by Crippen LogP contribution is -2.09.